The standard InChI is InChI=1S/C11H14N2O7S/c14-13(15)11-5-8(20-21(16)17)1-2-10(11)12-6-9-7-18-3-4-19-9/h1-2,5,9,12H,3-4,6-7H2,(H,16,17)/p-1/t9-/m0/s1. The summed E-state index contributed by atoms with van der Waals surface area (Å²) in [5.74, 6) is -0.127. The van der Waals surface area contributed by atoms with Crippen LogP contribution >= 0.6 is 0 Å². The van der Waals surface area contributed by atoms with E-state index in [2.05, 4.69) is 9.50 Å². The van der Waals surface area contributed by atoms with Crippen LogP contribution in [0.2, 0.25) is 0 Å². The zero-order chi connectivity index (χ0) is 15.2. The summed E-state index contributed by atoms with van der Waals surface area (Å²) in [4.78, 5) is 10.4. The van der Waals surface area contributed by atoms with Crippen molar-refractivity contribution in [1.29, 1.82) is 0 Å². The SMILES string of the molecule is O=[N+]([O-])c1cc(OS(=O)[O-])ccc1NC[C@H]1COCCO1. The molecule has 1 aliphatic rings. The van der Waals surface area contributed by atoms with Gasteiger partial charge in [-0.3, -0.25) is 10.1 Å². The summed E-state index contributed by atoms with van der Waals surface area (Å²) in [5.41, 5.74) is -0.0344. The number of anilines is 1. The Morgan fingerprint density at radius 2 is 2.29 bits per heavy atom. The molecule has 1 fully saturated rings. The van der Waals surface area contributed by atoms with E-state index >= 15 is 0 Å². The van der Waals surface area contributed by atoms with Gasteiger partial charge in [-0.15, -0.1) is 0 Å². The van der Waals surface area contributed by atoms with Gasteiger partial charge in [-0.2, -0.15) is 0 Å². The number of nitro benzene ring substituents is 1. The summed E-state index contributed by atoms with van der Waals surface area (Å²) in [6.07, 6.45) is -0.191. The summed E-state index contributed by atoms with van der Waals surface area (Å²) >= 11 is -2.78. The number of hydrogen-bond acceptors (Lipinski definition) is 8. The number of nitrogens with one attached hydrogen (secondary N) is 1. The molecule has 2 rings (SSSR count). The molecule has 1 aliphatic heterocycles. The first-order valence-corrected chi connectivity index (χ1v) is 7.05. The summed E-state index contributed by atoms with van der Waals surface area (Å²) in [6, 6.07) is 3.74. The number of nitro groups is 1. The fourth-order valence-electron chi connectivity index (χ4n) is 1.82. The molecule has 0 radical (unpaired) electrons. The highest BCUT2D eigenvalue weighted by molar-refractivity contribution is 7.74. The first-order chi connectivity index (χ1) is 10.1. The minimum atomic E-state index is -2.78. The van der Waals surface area contributed by atoms with Crippen molar-refractivity contribution < 1.29 is 27.3 Å². The molecular formula is C11H13N2O7S-. The number of hydrogen-bond donors (Lipinski definition) is 1. The van der Waals surface area contributed by atoms with Crippen molar-refractivity contribution in [2.45, 2.75) is 6.10 Å². The molecule has 9 nitrogen and oxygen atoms in total. The molecule has 2 atom stereocenters. The zero-order valence-corrected chi connectivity index (χ0v) is 11.7. The van der Waals surface area contributed by atoms with Gasteiger partial charge in [0.15, 0.2) is 0 Å². The Bertz CT molecular complexity index is 533. The molecule has 0 aromatic heterocycles. The maximum Gasteiger partial charge on any atom is 0.296 e. The Labute approximate surface area is 122 Å². The molecule has 0 aliphatic carbocycles. The van der Waals surface area contributed by atoms with Gasteiger partial charge in [0.2, 0.25) is 0 Å². The van der Waals surface area contributed by atoms with Gasteiger partial charge in [-0.1, -0.05) is 0 Å². The lowest BCUT2D eigenvalue weighted by Gasteiger charge is -2.23. The third-order valence-corrected chi connectivity index (χ3v) is 3.06. The van der Waals surface area contributed by atoms with Gasteiger partial charge in [-0.25, -0.2) is 4.21 Å². The fourth-order valence-corrected chi connectivity index (χ4v) is 2.08. The molecule has 1 N–H and O–H groups in total. The minimum absolute atomic E-state index is 0.127. The summed E-state index contributed by atoms with van der Waals surface area (Å²) in [7, 11) is 0. The lowest BCUT2D eigenvalue weighted by Crippen LogP contribution is -2.34. The topological polar surface area (TPSA) is 123 Å². The van der Waals surface area contributed by atoms with E-state index in [4.69, 9.17) is 9.47 Å². The number of benzene rings is 1. The van der Waals surface area contributed by atoms with E-state index < -0.39 is 16.3 Å². The molecule has 1 aromatic rings. The van der Waals surface area contributed by atoms with Crippen LogP contribution < -0.4 is 9.50 Å². The minimum Gasteiger partial charge on any atom is -0.740 e. The Morgan fingerprint density at radius 3 is 2.90 bits per heavy atom. The van der Waals surface area contributed by atoms with Crippen LogP contribution in [0.1, 0.15) is 0 Å². The first-order valence-electron chi connectivity index (χ1n) is 6.05. The Balaban J connectivity index is 2.06. The van der Waals surface area contributed by atoms with Crippen molar-refractivity contribution in [3.63, 3.8) is 0 Å². The molecule has 0 saturated carbocycles. The van der Waals surface area contributed by atoms with Gasteiger partial charge in [0.25, 0.3) is 5.69 Å². The Hall–Kier alpha value is -1.75. The van der Waals surface area contributed by atoms with Crippen molar-refractivity contribution in [3.8, 4) is 5.75 Å². The summed E-state index contributed by atoms with van der Waals surface area (Å²) in [6.45, 7) is 1.78. The highest BCUT2D eigenvalue weighted by Gasteiger charge is 2.19. The van der Waals surface area contributed by atoms with Gasteiger partial charge in [0, 0.05) is 6.54 Å². The van der Waals surface area contributed by atoms with Crippen LogP contribution in [0.5, 0.6) is 5.75 Å². The predicted octanol–water partition coefficient (Wildman–Crippen LogP) is 0.595. The smallest absolute Gasteiger partial charge is 0.296 e. The van der Waals surface area contributed by atoms with Crippen molar-refractivity contribution in [2.75, 3.05) is 31.7 Å². The predicted molar refractivity (Wildman–Crippen MR) is 71.7 cm³/mol. The molecule has 21 heavy (non-hydrogen) atoms. The largest absolute Gasteiger partial charge is 0.740 e. The summed E-state index contributed by atoms with van der Waals surface area (Å²) < 4.78 is 35.9. The van der Waals surface area contributed by atoms with Gasteiger partial charge in [0.05, 0.1) is 36.9 Å². The van der Waals surface area contributed by atoms with Crippen LogP contribution in [-0.4, -0.2) is 46.2 Å². The van der Waals surface area contributed by atoms with Crippen LogP contribution in [0.25, 0.3) is 0 Å². The van der Waals surface area contributed by atoms with Gasteiger partial charge >= 0.3 is 0 Å². The van der Waals surface area contributed by atoms with Gasteiger partial charge < -0.3 is 23.5 Å². The van der Waals surface area contributed by atoms with Crippen LogP contribution in [0, 0.1) is 10.1 Å². The van der Waals surface area contributed by atoms with E-state index in [1.807, 2.05) is 0 Å². The van der Waals surface area contributed by atoms with Crippen molar-refractivity contribution in [1.82, 2.24) is 0 Å². The summed E-state index contributed by atoms with van der Waals surface area (Å²) in [5, 5.41) is 13.9. The number of rotatable bonds is 6. The average Bonchev–Trinajstić information content (AvgIpc) is 2.46. The van der Waals surface area contributed by atoms with E-state index in [1.165, 1.54) is 12.1 Å². The number of nitrogens with zero attached hydrogens (tertiary/aromatic N) is 1. The molecule has 0 amide bonds. The van der Waals surface area contributed by atoms with Crippen molar-refractivity contribution in [3.05, 3.63) is 28.3 Å². The maximum absolute atomic E-state index is 11.0. The Morgan fingerprint density at radius 1 is 1.48 bits per heavy atom. The normalized spacial score (nSPS) is 19.8. The highest BCUT2D eigenvalue weighted by atomic mass is 32.2. The molecule has 1 unspecified atom stereocenters. The zero-order valence-electron chi connectivity index (χ0n) is 10.9. The van der Waals surface area contributed by atoms with E-state index in [1.54, 1.807) is 0 Å². The monoisotopic (exact) mass is 317 g/mol. The second-order valence-corrected chi connectivity index (χ2v) is 4.75. The fraction of sp³-hybridized carbons (Fsp3) is 0.455. The maximum atomic E-state index is 11.0. The third-order valence-electron chi connectivity index (χ3n) is 2.74. The lowest BCUT2D eigenvalue weighted by atomic mass is 10.2. The molecular weight excluding hydrogens is 304 g/mol. The van der Waals surface area contributed by atoms with Gasteiger partial charge in [-0.05, 0) is 12.1 Å². The molecule has 10 heteroatoms. The van der Waals surface area contributed by atoms with Crippen LogP contribution in [0.3, 0.4) is 0 Å². The molecule has 0 bridgehead atoms. The molecule has 1 saturated heterocycles. The molecule has 1 heterocycles. The second-order valence-electron chi connectivity index (χ2n) is 4.17. The lowest BCUT2D eigenvalue weighted by molar-refractivity contribution is -0.384. The number of ether oxygens (including phenoxy) is 2. The van der Waals surface area contributed by atoms with Crippen LogP contribution in [0.4, 0.5) is 11.4 Å². The van der Waals surface area contributed by atoms with Crippen molar-refractivity contribution >= 4 is 22.7 Å². The van der Waals surface area contributed by atoms with Gasteiger partial charge in [0.1, 0.15) is 22.8 Å². The van der Waals surface area contributed by atoms with Crippen LogP contribution in [0.15, 0.2) is 18.2 Å². The van der Waals surface area contributed by atoms with Crippen LogP contribution in [-0.2, 0) is 20.8 Å². The highest BCUT2D eigenvalue weighted by Crippen LogP contribution is 2.29. The quantitative estimate of drug-likeness (QED) is 0.459. The Kier molecular flexibility index (Phi) is 5.44. The first kappa shape index (κ1) is 15.6. The van der Waals surface area contributed by atoms with Crippen molar-refractivity contribution in [2.24, 2.45) is 0 Å². The average molecular weight is 317 g/mol. The van der Waals surface area contributed by atoms with E-state index in [-0.39, 0.29) is 23.2 Å². The molecule has 116 valence electrons. The second kappa shape index (κ2) is 7.31. The molecule has 1 aromatic carbocycles. The van der Waals surface area contributed by atoms with E-state index in [0.717, 1.165) is 6.07 Å². The van der Waals surface area contributed by atoms with E-state index in [0.29, 0.717) is 26.4 Å². The van der Waals surface area contributed by atoms with E-state index in [9.17, 15) is 18.9 Å². The third kappa shape index (κ3) is 4.63. The molecule has 0 spiro atoms.